The SMILES string of the molecule is CCC(C)C(=O)Cc1cccc(F)c1. The summed E-state index contributed by atoms with van der Waals surface area (Å²) in [5, 5.41) is 0. The Kier molecular flexibility index (Phi) is 3.81. The lowest BCUT2D eigenvalue weighted by atomic mass is 9.97. The van der Waals surface area contributed by atoms with Crippen LogP contribution in [0.15, 0.2) is 24.3 Å². The number of halogens is 1. The first kappa shape index (κ1) is 10.9. The molecule has 14 heavy (non-hydrogen) atoms. The zero-order valence-corrected chi connectivity index (χ0v) is 8.59. The topological polar surface area (TPSA) is 17.1 Å². The van der Waals surface area contributed by atoms with Gasteiger partial charge >= 0.3 is 0 Å². The second kappa shape index (κ2) is 4.89. The Labute approximate surface area is 83.9 Å². The lowest BCUT2D eigenvalue weighted by molar-refractivity contribution is -0.121. The van der Waals surface area contributed by atoms with Gasteiger partial charge in [0.2, 0.25) is 0 Å². The van der Waals surface area contributed by atoms with E-state index in [0.29, 0.717) is 6.42 Å². The zero-order chi connectivity index (χ0) is 10.6. The summed E-state index contributed by atoms with van der Waals surface area (Å²) < 4.78 is 12.8. The standard InChI is InChI=1S/C12H15FO/c1-3-9(2)12(14)8-10-5-4-6-11(13)7-10/h4-7,9H,3,8H2,1-2H3. The molecular weight excluding hydrogens is 179 g/mol. The summed E-state index contributed by atoms with van der Waals surface area (Å²) in [4.78, 5) is 11.5. The minimum absolute atomic E-state index is 0.0678. The highest BCUT2D eigenvalue weighted by Crippen LogP contribution is 2.10. The number of carbonyl (C=O) groups excluding carboxylic acids is 1. The maximum Gasteiger partial charge on any atom is 0.140 e. The quantitative estimate of drug-likeness (QED) is 0.720. The lowest BCUT2D eigenvalue weighted by Crippen LogP contribution is -2.12. The van der Waals surface area contributed by atoms with Gasteiger partial charge < -0.3 is 0 Å². The molecule has 0 bridgehead atoms. The van der Waals surface area contributed by atoms with Gasteiger partial charge in [-0.05, 0) is 24.1 Å². The van der Waals surface area contributed by atoms with E-state index in [1.54, 1.807) is 12.1 Å². The van der Waals surface area contributed by atoms with E-state index in [1.165, 1.54) is 12.1 Å². The van der Waals surface area contributed by atoms with E-state index in [4.69, 9.17) is 0 Å². The summed E-state index contributed by atoms with van der Waals surface area (Å²) >= 11 is 0. The highest BCUT2D eigenvalue weighted by molar-refractivity contribution is 5.82. The van der Waals surface area contributed by atoms with Crippen LogP contribution in [0.2, 0.25) is 0 Å². The van der Waals surface area contributed by atoms with Crippen molar-refractivity contribution in [3.63, 3.8) is 0 Å². The van der Waals surface area contributed by atoms with Crippen LogP contribution >= 0.6 is 0 Å². The molecule has 0 radical (unpaired) electrons. The van der Waals surface area contributed by atoms with Gasteiger partial charge in [0.25, 0.3) is 0 Å². The number of carbonyl (C=O) groups is 1. The smallest absolute Gasteiger partial charge is 0.140 e. The van der Waals surface area contributed by atoms with Crippen molar-refractivity contribution < 1.29 is 9.18 Å². The molecule has 0 saturated heterocycles. The summed E-state index contributed by atoms with van der Waals surface area (Å²) in [5.41, 5.74) is 0.760. The van der Waals surface area contributed by atoms with Crippen molar-refractivity contribution in [3.05, 3.63) is 35.6 Å². The van der Waals surface area contributed by atoms with Crippen LogP contribution in [0, 0.1) is 11.7 Å². The van der Waals surface area contributed by atoms with Crippen molar-refractivity contribution in [2.24, 2.45) is 5.92 Å². The summed E-state index contributed by atoms with van der Waals surface area (Å²) in [6, 6.07) is 6.22. The van der Waals surface area contributed by atoms with Crippen molar-refractivity contribution in [2.75, 3.05) is 0 Å². The molecule has 1 nitrogen and oxygen atoms in total. The number of hydrogen-bond acceptors (Lipinski definition) is 1. The van der Waals surface area contributed by atoms with Crippen molar-refractivity contribution in [1.82, 2.24) is 0 Å². The molecule has 0 aliphatic rings. The highest BCUT2D eigenvalue weighted by Gasteiger charge is 2.11. The molecule has 2 heteroatoms. The Hall–Kier alpha value is -1.18. The van der Waals surface area contributed by atoms with Gasteiger partial charge in [0.1, 0.15) is 11.6 Å². The van der Waals surface area contributed by atoms with Crippen molar-refractivity contribution in [1.29, 1.82) is 0 Å². The molecule has 0 aromatic heterocycles. The Morgan fingerprint density at radius 1 is 1.50 bits per heavy atom. The van der Waals surface area contributed by atoms with Crippen LogP contribution in [0.25, 0.3) is 0 Å². The minimum atomic E-state index is -0.278. The molecule has 1 atom stereocenters. The molecule has 1 aromatic rings. The molecule has 0 aliphatic carbocycles. The normalized spacial score (nSPS) is 12.5. The summed E-state index contributed by atoms with van der Waals surface area (Å²) in [7, 11) is 0. The van der Waals surface area contributed by atoms with E-state index in [-0.39, 0.29) is 17.5 Å². The molecule has 0 fully saturated rings. The molecule has 1 rings (SSSR count). The number of rotatable bonds is 4. The number of Topliss-reactive ketones (excluding diaryl/α,β-unsaturated/α-hetero) is 1. The molecule has 0 heterocycles. The van der Waals surface area contributed by atoms with Crippen molar-refractivity contribution in [2.45, 2.75) is 26.7 Å². The lowest BCUT2D eigenvalue weighted by Gasteiger charge is -2.06. The first-order chi connectivity index (χ1) is 6.63. The van der Waals surface area contributed by atoms with Gasteiger partial charge in [0, 0.05) is 12.3 Å². The number of benzene rings is 1. The number of ketones is 1. The second-order valence-corrected chi connectivity index (χ2v) is 3.58. The second-order valence-electron chi connectivity index (χ2n) is 3.58. The Morgan fingerprint density at radius 3 is 2.79 bits per heavy atom. The fourth-order valence-corrected chi connectivity index (χ4v) is 1.25. The first-order valence-electron chi connectivity index (χ1n) is 4.90. The van der Waals surface area contributed by atoms with Crippen molar-refractivity contribution >= 4 is 5.78 Å². The molecule has 1 aromatic carbocycles. The van der Waals surface area contributed by atoms with Crippen LogP contribution in [-0.2, 0) is 11.2 Å². The van der Waals surface area contributed by atoms with E-state index in [0.717, 1.165) is 12.0 Å². The third-order valence-electron chi connectivity index (χ3n) is 2.43. The maximum atomic E-state index is 12.8. The first-order valence-corrected chi connectivity index (χ1v) is 4.90. The fraction of sp³-hybridized carbons (Fsp3) is 0.417. The van der Waals surface area contributed by atoms with Crippen LogP contribution in [-0.4, -0.2) is 5.78 Å². The third kappa shape index (κ3) is 2.95. The monoisotopic (exact) mass is 194 g/mol. The van der Waals surface area contributed by atoms with Gasteiger partial charge in [0.15, 0.2) is 0 Å². The molecule has 1 unspecified atom stereocenters. The van der Waals surface area contributed by atoms with Gasteiger partial charge in [-0.15, -0.1) is 0 Å². The molecule has 0 saturated carbocycles. The van der Waals surface area contributed by atoms with E-state index >= 15 is 0 Å². The summed E-state index contributed by atoms with van der Waals surface area (Å²) in [6.07, 6.45) is 1.18. The van der Waals surface area contributed by atoms with Crippen molar-refractivity contribution in [3.8, 4) is 0 Å². The number of hydrogen-bond donors (Lipinski definition) is 0. The minimum Gasteiger partial charge on any atom is -0.299 e. The van der Waals surface area contributed by atoms with Gasteiger partial charge in [-0.25, -0.2) is 4.39 Å². The van der Waals surface area contributed by atoms with Gasteiger partial charge in [-0.1, -0.05) is 26.0 Å². The van der Waals surface area contributed by atoms with E-state index in [1.807, 2.05) is 13.8 Å². The summed E-state index contributed by atoms with van der Waals surface area (Å²) in [6.45, 7) is 3.88. The Morgan fingerprint density at radius 2 is 2.21 bits per heavy atom. The zero-order valence-electron chi connectivity index (χ0n) is 8.59. The van der Waals surface area contributed by atoms with Crippen LogP contribution in [0.5, 0.6) is 0 Å². The predicted octanol–water partition coefficient (Wildman–Crippen LogP) is 2.98. The van der Waals surface area contributed by atoms with Crippen LogP contribution < -0.4 is 0 Å². The van der Waals surface area contributed by atoms with E-state index < -0.39 is 0 Å². The fourth-order valence-electron chi connectivity index (χ4n) is 1.25. The van der Waals surface area contributed by atoms with Crippen LogP contribution in [0.3, 0.4) is 0 Å². The largest absolute Gasteiger partial charge is 0.299 e. The average molecular weight is 194 g/mol. The molecule has 76 valence electrons. The van der Waals surface area contributed by atoms with Crippen LogP contribution in [0.1, 0.15) is 25.8 Å². The van der Waals surface area contributed by atoms with Gasteiger partial charge in [-0.3, -0.25) is 4.79 Å². The van der Waals surface area contributed by atoms with Gasteiger partial charge in [0.05, 0.1) is 0 Å². The summed E-state index contributed by atoms with van der Waals surface area (Å²) in [5.74, 6) is -0.0316. The molecular formula is C12H15FO. The average Bonchev–Trinajstić information content (AvgIpc) is 2.16. The Bertz CT molecular complexity index is 320. The maximum absolute atomic E-state index is 12.8. The molecule has 0 N–H and O–H groups in total. The van der Waals surface area contributed by atoms with E-state index in [2.05, 4.69) is 0 Å². The molecule has 0 aliphatic heterocycles. The third-order valence-corrected chi connectivity index (χ3v) is 2.43. The van der Waals surface area contributed by atoms with E-state index in [9.17, 15) is 9.18 Å². The predicted molar refractivity (Wildman–Crippen MR) is 54.6 cm³/mol. The Balaban J connectivity index is 2.65. The van der Waals surface area contributed by atoms with Crippen LogP contribution in [0.4, 0.5) is 4.39 Å². The van der Waals surface area contributed by atoms with Gasteiger partial charge in [-0.2, -0.15) is 0 Å². The highest BCUT2D eigenvalue weighted by atomic mass is 19.1. The molecule has 0 spiro atoms. The molecule has 0 amide bonds.